The minimum atomic E-state index is 0.590. The average molecular weight is 217 g/mol. The molecule has 0 aromatic heterocycles. The molecule has 2 fully saturated rings. The Labute approximate surface area is 96.6 Å². The van der Waals surface area contributed by atoms with Crippen LogP contribution in [-0.4, -0.2) is 30.1 Å². The molecule has 2 saturated heterocycles. The first-order valence-corrected chi connectivity index (χ1v) is 6.20. The number of rotatable bonds is 2. The molecule has 16 heavy (non-hydrogen) atoms. The molecule has 2 unspecified atom stereocenters. The first kappa shape index (κ1) is 9.97. The predicted molar refractivity (Wildman–Crippen MR) is 67.5 cm³/mol. The number of hydrogen-bond acceptors (Lipinski definition) is 3. The minimum absolute atomic E-state index is 0.590. The van der Waals surface area contributed by atoms with Gasteiger partial charge in [-0.1, -0.05) is 12.1 Å². The van der Waals surface area contributed by atoms with Gasteiger partial charge in [0.2, 0.25) is 0 Å². The van der Waals surface area contributed by atoms with Crippen molar-refractivity contribution in [3.05, 3.63) is 24.3 Å². The van der Waals surface area contributed by atoms with Crippen LogP contribution < -0.4 is 11.1 Å². The number of nitrogen functional groups attached to an aromatic ring is 1. The highest BCUT2D eigenvalue weighted by Crippen LogP contribution is 2.31. The van der Waals surface area contributed by atoms with Crippen LogP contribution in [0.1, 0.15) is 19.3 Å². The van der Waals surface area contributed by atoms with Crippen molar-refractivity contribution in [2.45, 2.75) is 31.3 Å². The smallest absolute Gasteiger partial charge is 0.0576 e. The number of nitrogens with one attached hydrogen (secondary N) is 1. The molecule has 1 aromatic carbocycles. The van der Waals surface area contributed by atoms with Crippen LogP contribution in [0.5, 0.6) is 0 Å². The molecular weight excluding hydrogens is 198 g/mol. The quantitative estimate of drug-likeness (QED) is 0.744. The summed E-state index contributed by atoms with van der Waals surface area (Å²) in [5.74, 6) is 0. The van der Waals surface area contributed by atoms with Crippen molar-refractivity contribution in [2.24, 2.45) is 0 Å². The fourth-order valence-corrected chi connectivity index (χ4v) is 3.08. The van der Waals surface area contributed by atoms with Gasteiger partial charge < -0.3 is 11.1 Å². The number of nitrogens with two attached hydrogens (primary N) is 1. The summed E-state index contributed by atoms with van der Waals surface area (Å²) in [7, 11) is 0. The first-order chi connectivity index (χ1) is 7.84. The van der Waals surface area contributed by atoms with Gasteiger partial charge in [-0.3, -0.25) is 4.90 Å². The lowest BCUT2D eigenvalue weighted by Crippen LogP contribution is -2.33. The summed E-state index contributed by atoms with van der Waals surface area (Å²) in [6, 6.07) is 9.39. The van der Waals surface area contributed by atoms with Crippen molar-refractivity contribution in [1.82, 2.24) is 4.90 Å². The van der Waals surface area contributed by atoms with E-state index in [1.807, 2.05) is 18.2 Å². The van der Waals surface area contributed by atoms with E-state index in [1.165, 1.54) is 32.4 Å². The molecule has 0 amide bonds. The standard InChI is InChI=1S/C13H19N3/c14-10-4-1-2-5-11(10)15-12-7-9-16-8-3-6-13(12)16/h1-2,4-5,12-13,15H,3,6-9,14H2. The van der Waals surface area contributed by atoms with E-state index in [0.29, 0.717) is 6.04 Å². The predicted octanol–water partition coefficient (Wildman–Crippen LogP) is 1.92. The molecule has 2 aliphatic heterocycles. The molecule has 1 aromatic rings. The van der Waals surface area contributed by atoms with Gasteiger partial charge in [0.25, 0.3) is 0 Å². The van der Waals surface area contributed by atoms with Crippen molar-refractivity contribution in [3.63, 3.8) is 0 Å². The van der Waals surface area contributed by atoms with E-state index >= 15 is 0 Å². The van der Waals surface area contributed by atoms with E-state index in [2.05, 4.69) is 16.3 Å². The largest absolute Gasteiger partial charge is 0.397 e. The zero-order valence-corrected chi connectivity index (χ0v) is 9.52. The maximum absolute atomic E-state index is 5.96. The van der Waals surface area contributed by atoms with E-state index in [4.69, 9.17) is 5.73 Å². The van der Waals surface area contributed by atoms with Crippen LogP contribution in [0.4, 0.5) is 11.4 Å². The maximum Gasteiger partial charge on any atom is 0.0576 e. The summed E-state index contributed by atoms with van der Waals surface area (Å²) in [6.07, 6.45) is 3.94. The van der Waals surface area contributed by atoms with Gasteiger partial charge in [0.1, 0.15) is 0 Å². The van der Waals surface area contributed by atoms with Gasteiger partial charge in [-0.2, -0.15) is 0 Å². The second kappa shape index (κ2) is 3.98. The fraction of sp³-hybridized carbons (Fsp3) is 0.538. The lowest BCUT2D eigenvalue weighted by atomic mass is 10.1. The lowest BCUT2D eigenvalue weighted by Gasteiger charge is -2.22. The van der Waals surface area contributed by atoms with E-state index in [0.717, 1.165) is 17.4 Å². The Morgan fingerprint density at radius 1 is 1.19 bits per heavy atom. The van der Waals surface area contributed by atoms with Gasteiger partial charge in [0, 0.05) is 18.6 Å². The number of hydrogen-bond donors (Lipinski definition) is 2. The SMILES string of the molecule is Nc1ccccc1NC1CCN2CCCC12. The van der Waals surface area contributed by atoms with Crippen LogP contribution in [-0.2, 0) is 0 Å². The van der Waals surface area contributed by atoms with Crippen molar-refractivity contribution in [1.29, 1.82) is 0 Å². The number of fused-ring (bicyclic) bond motifs is 1. The molecule has 2 aliphatic rings. The summed E-state index contributed by atoms with van der Waals surface area (Å²) in [5, 5.41) is 3.61. The van der Waals surface area contributed by atoms with Gasteiger partial charge in [-0.05, 0) is 37.9 Å². The van der Waals surface area contributed by atoms with Crippen LogP contribution in [0.3, 0.4) is 0 Å². The summed E-state index contributed by atoms with van der Waals surface area (Å²) in [6.45, 7) is 2.53. The Hall–Kier alpha value is -1.22. The zero-order valence-electron chi connectivity index (χ0n) is 9.52. The third-order valence-electron chi connectivity index (χ3n) is 3.91. The molecule has 0 saturated carbocycles. The van der Waals surface area contributed by atoms with Crippen LogP contribution >= 0.6 is 0 Å². The Balaban J connectivity index is 1.73. The molecule has 0 spiro atoms. The van der Waals surface area contributed by atoms with Crippen molar-refractivity contribution in [3.8, 4) is 0 Å². The monoisotopic (exact) mass is 217 g/mol. The van der Waals surface area contributed by atoms with Gasteiger partial charge in [-0.25, -0.2) is 0 Å². The molecule has 0 aliphatic carbocycles. The molecule has 3 rings (SSSR count). The normalized spacial score (nSPS) is 29.2. The lowest BCUT2D eigenvalue weighted by molar-refractivity contribution is 0.318. The van der Waals surface area contributed by atoms with Crippen LogP contribution in [0.2, 0.25) is 0 Å². The molecule has 3 heteroatoms. The maximum atomic E-state index is 5.96. The summed E-state index contributed by atoms with van der Waals surface area (Å²) < 4.78 is 0. The fourth-order valence-electron chi connectivity index (χ4n) is 3.08. The van der Waals surface area contributed by atoms with Gasteiger partial charge in [0.05, 0.1) is 11.4 Å². The average Bonchev–Trinajstić information content (AvgIpc) is 2.86. The molecule has 2 atom stereocenters. The molecule has 86 valence electrons. The summed E-state index contributed by atoms with van der Waals surface area (Å²) in [5.41, 5.74) is 7.92. The minimum Gasteiger partial charge on any atom is -0.397 e. The second-order valence-corrected chi connectivity index (χ2v) is 4.87. The van der Waals surface area contributed by atoms with E-state index in [1.54, 1.807) is 0 Å². The molecule has 0 bridgehead atoms. The Bertz CT molecular complexity index is 377. The van der Waals surface area contributed by atoms with Crippen molar-refractivity contribution < 1.29 is 0 Å². The first-order valence-electron chi connectivity index (χ1n) is 6.20. The van der Waals surface area contributed by atoms with Crippen LogP contribution in [0, 0.1) is 0 Å². The number of anilines is 2. The third kappa shape index (κ3) is 1.65. The van der Waals surface area contributed by atoms with Gasteiger partial charge >= 0.3 is 0 Å². The highest BCUT2D eigenvalue weighted by molar-refractivity contribution is 5.66. The molecule has 2 heterocycles. The molecule has 3 nitrogen and oxygen atoms in total. The summed E-state index contributed by atoms with van der Waals surface area (Å²) >= 11 is 0. The number of benzene rings is 1. The number of para-hydroxylation sites is 2. The Kier molecular flexibility index (Phi) is 2.48. The van der Waals surface area contributed by atoms with Gasteiger partial charge in [0.15, 0.2) is 0 Å². The molecule has 3 N–H and O–H groups in total. The van der Waals surface area contributed by atoms with Crippen LogP contribution in [0.15, 0.2) is 24.3 Å². The van der Waals surface area contributed by atoms with E-state index < -0.39 is 0 Å². The number of nitrogens with zero attached hydrogens (tertiary/aromatic N) is 1. The third-order valence-corrected chi connectivity index (χ3v) is 3.91. The van der Waals surface area contributed by atoms with Crippen molar-refractivity contribution >= 4 is 11.4 Å². The Morgan fingerprint density at radius 2 is 2.06 bits per heavy atom. The summed E-state index contributed by atoms with van der Waals surface area (Å²) in [4.78, 5) is 2.61. The Morgan fingerprint density at radius 3 is 2.94 bits per heavy atom. The molecule has 0 radical (unpaired) electrons. The highest BCUT2D eigenvalue weighted by Gasteiger charge is 2.37. The molecular formula is C13H19N3. The highest BCUT2D eigenvalue weighted by atomic mass is 15.2. The second-order valence-electron chi connectivity index (χ2n) is 4.87. The van der Waals surface area contributed by atoms with E-state index in [9.17, 15) is 0 Å². The van der Waals surface area contributed by atoms with Crippen molar-refractivity contribution in [2.75, 3.05) is 24.1 Å². The van der Waals surface area contributed by atoms with Crippen LogP contribution in [0.25, 0.3) is 0 Å². The zero-order chi connectivity index (χ0) is 11.0. The topological polar surface area (TPSA) is 41.3 Å². The van der Waals surface area contributed by atoms with E-state index in [-0.39, 0.29) is 0 Å². The van der Waals surface area contributed by atoms with Gasteiger partial charge in [-0.15, -0.1) is 0 Å².